The van der Waals surface area contributed by atoms with E-state index in [1.165, 1.54) is 5.56 Å². The van der Waals surface area contributed by atoms with Crippen LogP contribution in [0.15, 0.2) is 18.2 Å². The van der Waals surface area contributed by atoms with E-state index in [2.05, 4.69) is 33.8 Å². The number of carbonyl (C=O) groups excluding carboxylic acids is 1. The van der Waals surface area contributed by atoms with Gasteiger partial charge < -0.3 is 9.64 Å². The summed E-state index contributed by atoms with van der Waals surface area (Å²) in [5.41, 5.74) is 2.27. The van der Waals surface area contributed by atoms with E-state index in [9.17, 15) is 4.79 Å². The SMILES string of the molecule is CC.CC(C)CCOc1ccc2c(c1)CCC(=O)N2C(C)C. The van der Waals surface area contributed by atoms with Gasteiger partial charge in [0.2, 0.25) is 5.91 Å². The van der Waals surface area contributed by atoms with Crippen molar-refractivity contribution in [2.24, 2.45) is 5.92 Å². The molecule has 3 nitrogen and oxygen atoms in total. The Bertz CT molecular complexity index is 480. The van der Waals surface area contributed by atoms with Crippen molar-refractivity contribution in [3.05, 3.63) is 23.8 Å². The summed E-state index contributed by atoms with van der Waals surface area (Å²) < 4.78 is 5.80. The first-order chi connectivity index (χ1) is 10.5. The second-order valence-electron chi connectivity index (χ2n) is 6.18. The molecule has 0 spiro atoms. The zero-order valence-electron chi connectivity index (χ0n) is 15.0. The summed E-state index contributed by atoms with van der Waals surface area (Å²) in [6.07, 6.45) is 2.48. The van der Waals surface area contributed by atoms with E-state index in [1.807, 2.05) is 30.9 Å². The fourth-order valence-electron chi connectivity index (χ4n) is 2.56. The molecule has 0 atom stereocenters. The van der Waals surface area contributed by atoms with Gasteiger partial charge in [-0.25, -0.2) is 0 Å². The van der Waals surface area contributed by atoms with Gasteiger partial charge in [0.05, 0.1) is 6.61 Å². The van der Waals surface area contributed by atoms with E-state index in [-0.39, 0.29) is 11.9 Å². The highest BCUT2D eigenvalue weighted by Gasteiger charge is 2.26. The topological polar surface area (TPSA) is 29.5 Å². The number of amides is 1. The van der Waals surface area contributed by atoms with Crippen molar-refractivity contribution < 1.29 is 9.53 Å². The molecular formula is C19H31NO2. The molecule has 0 saturated heterocycles. The number of anilines is 1. The number of benzene rings is 1. The summed E-state index contributed by atoms with van der Waals surface area (Å²) in [4.78, 5) is 13.9. The van der Waals surface area contributed by atoms with Gasteiger partial charge in [-0.15, -0.1) is 0 Å². The fourth-order valence-corrected chi connectivity index (χ4v) is 2.56. The molecule has 0 fully saturated rings. The molecule has 1 aliphatic heterocycles. The highest BCUT2D eigenvalue weighted by Crippen LogP contribution is 2.32. The standard InChI is InChI=1S/C17H25NO2.C2H6/c1-12(2)9-10-20-15-6-7-16-14(11-15)5-8-17(19)18(16)13(3)4;1-2/h6-7,11-13H,5,8-10H2,1-4H3;1-2H3. The Kier molecular flexibility index (Phi) is 7.43. The summed E-state index contributed by atoms with van der Waals surface area (Å²) in [5, 5.41) is 0. The lowest BCUT2D eigenvalue weighted by Crippen LogP contribution is -2.40. The minimum absolute atomic E-state index is 0.203. The normalized spacial score (nSPS) is 13.8. The van der Waals surface area contributed by atoms with Crippen LogP contribution in [0.2, 0.25) is 0 Å². The smallest absolute Gasteiger partial charge is 0.227 e. The van der Waals surface area contributed by atoms with Gasteiger partial charge in [0.15, 0.2) is 0 Å². The van der Waals surface area contributed by atoms with Crippen LogP contribution < -0.4 is 9.64 Å². The molecule has 0 radical (unpaired) electrons. The number of nitrogens with zero attached hydrogens (tertiary/aromatic N) is 1. The number of carbonyl (C=O) groups is 1. The maximum atomic E-state index is 12.0. The molecule has 1 aliphatic rings. The summed E-state index contributed by atoms with van der Waals surface area (Å²) in [6, 6.07) is 6.30. The molecule has 124 valence electrons. The Labute approximate surface area is 135 Å². The molecular weight excluding hydrogens is 274 g/mol. The van der Waals surface area contributed by atoms with E-state index in [0.717, 1.165) is 30.9 Å². The monoisotopic (exact) mass is 305 g/mol. The van der Waals surface area contributed by atoms with Gasteiger partial charge in [0, 0.05) is 18.2 Å². The molecule has 22 heavy (non-hydrogen) atoms. The van der Waals surface area contributed by atoms with Crippen molar-refractivity contribution >= 4 is 11.6 Å². The van der Waals surface area contributed by atoms with E-state index in [0.29, 0.717) is 12.3 Å². The zero-order chi connectivity index (χ0) is 16.7. The average Bonchev–Trinajstić information content (AvgIpc) is 2.48. The van der Waals surface area contributed by atoms with Gasteiger partial charge in [0.1, 0.15) is 5.75 Å². The molecule has 2 rings (SSSR count). The Morgan fingerprint density at radius 2 is 1.82 bits per heavy atom. The number of aryl methyl sites for hydroxylation is 1. The van der Waals surface area contributed by atoms with Crippen molar-refractivity contribution in [1.29, 1.82) is 0 Å². The van der Waals surface area contributed by atoms with Crippen LogP contribution in [-0.2, 0) is 11.2 Å². The first kappa shape index (κ1) is 18.5. The minimum atomic E-state index is 0.203. The lowest BCUT2D eigenvalue weighted by atomic mass is 9.99. The predicted molar refractivity (Wildman–Crippen MR) is 93.7 cm³/mol. The highest BCUT2D eigenvalue weighted by atomic mass is 16.5. The predicted octanol–water partition coefficient (Wildman–Crippen LogP) is 4.83. The van der Waals surface area contributed by atoms with Crippen molar-refractivity contribution in [3.8, 4) is 5.75 Å². The molecule has 1 heterocycles. The fraction of sp³-hybridized carbons (Fsp3) is 0.632. The number of hydrogen-bond acceptors (Lipinski definition) is 2. The molecule has 3 heteroatoms. The van der Waals surface area contributed by atoms with Gasteiger partial charge in [0.25, 0.3) is 0 Å². The third-order valence-corrected chi connectivity index (χ3v) is 3.67. The Morgan fingerprint density at radius 1 is 1.14 bits per heavy atom. The lowest BCUT2D eigenvalue weighted by Gasteiger charge is -2.32. The summed E-state index contributed by atoms with van der Waals surface area (Å²) in [7, 11) is 0. The van der Waals surface area contributed by atoms with Crippen molar-refractivity contribution in [3.63, 3.8) is 0 Å². The highest BCUT2D eigenvalue weighted by molar-refractivity contribution is 5.97. The maximum absolute atomic E-state index is 12.0. The number of hydrogen-bond donors (Lipinski definition) is 0. The van der Waals surface area contributed by atoms with Crippen LogP contribution in [-0.4, -0.2) is 18.6 Å². The van der Waals surface area contributed by atoms with Crippen LogP contribution in [0.25, 0.3) is 0 Å². The molecule has 0 unspecified atom stereocenters. The van der Waals surface area contributed by atoms with Crippen LogP contribution in [0.5, 0.6) is 5.75 Å². The summed E-state index contributed by atoms with van der Waals surface area (Å²) in [6.45, 7) is 13.3. The van der Waals surface area contributed by atoms with E-state index in [1.54, 1.807) is 0 Å². The number of fused-ring (bicyclic) bond motifs is 1. The van der Waals surface area contributed by atoms with Crippen LogP contribution in [0, 0.1) is 5.92 Å². The Balaban J connectivity index is 0.00000116. The lowest BCUT2D eigenvalue weighted by molar-refractivity contribution is -0.119. The molecule has 0 saturated carbocycles. The summed E-state index contributed by atoms with van der Waals surface area (Å²) >= 11 is 0. The molecule has 0 aromatic heterocycles. The van der Waals surface area contributed by atoms with Crippen LogP contribution in [0.4, 0.5) is 5.69 Å². The molecule has 1 aromatic carbocycles. The van der Waals surface area contributed by atoms with Gasteiger partial charge >= 0.3 is 0 Å². The second kappa shape index (κ2) is 8.82. The zero-order valence-corrected chi connectivity index (χ0v) is 15.0. The largest absolute Gasteiger partial charge is 0.494 e. The van der Waals surface area contributed by atoms with E-state index < -0.39 is 0 Å². The molecule has 0 aliphatic carbocycles. The third-order valence-electron chi connectivity index (χ3n) is 3.67. The average molecular weight is 305 g/mol. The summed E-state index contributed by atoms with van der Waals surface area (Å²) in [5.74, 6) is 1.80. The van der Waals surface area contributed by atoms with Crippen LogP contribution in [0.3, 0.4) is 0 Å². The van der Waals surface area contributed by atoms with Gasteiger partial charge in [-0.1, -0.05) is 27.7 Å². The maximum Gasteiger partial charge on any atom is 0.227 e. The first-order valence-corrected chi connectivity index (χ1v) is 8.57. The van der Waals surface area contributed by atoms with Gasteiger partial charge in [-0.05, 0) is 56.4 Å². The van der Waals surface area contributed by atoms with Crippen molar-refractivity contribution in [2.45, 2.75) is 66.8 Å². The minimum Gasteiger partial charge on any atom is -0.494 e. The first-order valence-electron chi connectivity index (χ1n) is 8.57. The Morgan fingerprint density at radius 3 is 2.41 bits per heavy atom. The second-order valence-corrected chi connectivity index (χ2v) is 6.18. The quantitative estimate of drug-likeness (QED) is 0.780. The molecule has 0 N–H and O–H groups in total. The molecule has 0 bridgehead atoms. The molecule has 1 aromatic rings. The van der Waals surface area contributed by atoms with Crippen LogP contribution >= 0.6 is 0 Å². The van der Waals surface area contributed by atoms with E-state index >= 15 is 0 Å². The molecule has 1 amide bonds. The Hall–Kier alpha value is -1.51. The van der Waals surface area contributed by atoms with Gasteiger partial charge in [-0.3, -0.25) is 4.79 Å². The van der Waals surface area contributed by atoms with Crippen molar-refractivity contribution in [2.75, 3.05) is 11.5 Å². The van der Waals surface area contributed by atoms with E-state index in [4.69, 9.17) is 4.74 Å². The van der Waals surface area contributed by atoms with Crippen LogP contribution in [0.1, 0.15) is 59.9 Å². The van der Waals surface area contributed by atoms with Gasteiger partial charge in [-0.2, -0.15) is 0 Å². The number of rotatable bonds is 5. The number of ether oxygens (including phenoxy) is 1. The third kappa shape index (κ3) is 4.75. The van der Waals surface area contributed by atoms with Crippen molar-refractivity contribution in [1.82, 2.24) is 0 Å².